The van der Waals surface area contributed by atoms with Crippen LogP contribution in [-0.4, -0.2) is 23.1 Å². The van der Waals surface area contributed by atoms with Crippen LogP contribution in [0.2, 0.25) is 0 Å². The third kappa shape index (κ3) is 3.63. The van der Waals surface area contributed by atoms with E-state index >= 15 is 0 Å². The van der Waals surface area contributed by atoms with Crippen molar-refractivity contribution >= 4 is 34.1 Å². The van der Waals surface area contributed by atoms with Gasteiger partial charge in [-0.2, -0.15) is 0 Å². The lowest BCUT2D eigenvalue weighted by Gasteiger charge is -2.24. The summed E-state index contributed by atoms with van der Waals surface area (Å²) in [5.41, 5.74) is 8.02. The fraction of sp³-hybridized carbons (Fsp3) is 0.286. The van der Waals surface area contributed by atoms with Crippen LogP contribution in [-0.2, 0) is 0 Å². The summed E-state index contributed by atoms with van der Waals surface area (Å²) < 4.78 is 1.04. The Bertz CT molecular complexity index is 527. The minimum atomic E-state index is 0.671. The Labute approximate surface area is 127 Å². The number of hydrogen-bond donors (Lipinski definition) is 1. The fourth-order valence-electron chi connectivity index (χ4n) is 1.84. The number of benzene rings is 1. The van der Waals surface area contributed by atoms with Crippen LogP contribution in [0.5, 0.6) is 0 Å². The highest BCUT2D eigenvalue weighted by molar-refractivity contribution is 14.1. The zero-order chi connectivity index (χ0) is 13.7. The molecule has 1 aromatic carbocycles. The molecule has 0 atom stereocenters. The first kappa shape index (κ1) is 14.2. The lowest BCUT2D eigenvalue weighted by molar-refractivity contribution is 0.806. The molecule has 0 bridgehead atoms. The predicted octanol–water partition coefficient (Wildman–Crippen LogP) is 2.88. The molecule has 5 heteroatoms. The average molecular weight is 368 g/mol. The minimum Gasteiger partial charge on any atom is -0.330 e. The van der Waals surface area contributed by atoms with Crippen LogP contribution in [0.15, 0.2) is 36.8 Å². The van der Waals surface area contributed by atoms with Gasteiger partial charge < -0.3 is 10.6 Å². The summed E-state index contributed by atoms with van der Waals surface area (Å²) in [6.07, 6.45) is 4.33. The van der Waals surface area contributed by atoms with Crippen molar-refractivity contribution in [2.24, 2.45) is 5.73 Å². The largest absolute Gasteiger partial charge is 0.330 e. The molecule has 0 amide bonds. The summed E-state index contributed by atoms with van der Waals surface area (Å²) in [4.78, 5) is 10.6. The van der Waals surface area contributed by atoms with Gasteiger partial charge in [0.2, 0.25) is 0 Å². The van der Waals surface area contributed by atoms with E-state index in [1.54, 1.807) is 6.33 Å². The summed E-state index contributed by atoms with van der Waals surface area (Å²) in [6, 6.07) is 8.45. The summed E-state index contributed by atoms with van der Waals surface area (Å²) in [6.45, 7) is 3.61. The first-order chi connectivity index (χ1) is 9.22. The maximum Gasteiger partial charge on any atom is 0.149 e. The van der Waals surface area contributed by atoms with E-state index in [0.29, 0.717) is 6.54 Å². The molecule has 19 heavy (non-hydrogen) atoms. The van der Waals surface area contributed by atoms with Gasteiger partial charge in [-0.1, -0.05) is 17.7 Å². The Morgan fingerprint density at radius 3 is 2.63 bits per heavy atom. The van der Waals surface area contributed by atoms with E-state index in [0.717, 1.165) is 28.0 Å². The molecule has 2 N–H and O–H groups in total. The molecule has 0 saturated carbocycles. The van der Waals surface area contributed by atoms with Crippen LogP contribution in [0.1, 0.15) is 12.0 Å². The molecule has 1 heterocycles. The highest BCUT2D eigenvalue weighted by Gasteiger charge is 2.13. The first-order valence-electron chi connectivity index (χ1n) is 6.22. The summed E-state index contributed by atoms with van der Waals surface area (Å²) >= 11 is 2.26. The van der Waals surface area contributed by atoms with E-state index in [2.05, 4.69) is 68.6 Å². The molecule has 2 rings (SSSR count). The standard InChI is InChI=1S/C14H17IN4/c1-11-3-5-12(6-4-11)19(8-2-7-16)14-13(15)9-17-10-18-14/h3-6,9-10H,2,7-8,16H2,1H3. The quantitative estimate of drug-likeness (QED) is 0.825. The van der Waals surface area contributed by atoms with Gasteiger partial charge in [-0.15, -0.1) is 0 Å². The van der Waals surface area contributed by atoms with Gasteiger partial charge in [0, 0.05) is 18.4 Å². The summed E-state index contributed by atoms with van der Waals surface area (Å²) in [5.74, 6) is 0.938. The molecular weight excluding hydrogens is 351 g/mol. The van der Waals surface area contributed by atoms with E-state index < -0.39 is 0 Å². The number of nitrogens with two attached hydrogens (primary N) is 1. The lowest BCUT2D eigenvalue weighted by atomic mass is 10.2. The average Bonchev–Trinajstić information content (AvgIpc) is 2.43. The van der Waals surface area contributed by atoms with Crippen molar-refractivity contribution in [3.05, 3.63) is 45.9 Å². The molecule has 1 aromatic heterocycles. The molecule has 4 nitrogen and oxygen atoms in total. The van der Waals surface area contributed by atoms with Crippen molar-refractivity contribution in [3.8, 4) is 0 Å². The molecular formula is C14H17IN4. The molecule has 0 saturated heterocycles. The Kier molecular flexibility index (Phi) is 5.09. The summed E-state index contributed by atoms with van der Waals surface area (Å²) in [7, 11) is 0. The highest BCUT2D eigenvalue weighted by Crippen LogP contribution is 2.27. The minimum absolute atomic E-state index is 0.671. The second-order valence-corrected chi connectivity index (χ2v) is 5.49. The molecule has 0 unspecified atom stereocenters. The van der Waals surface area contributed by atoms with Gasteiger partial charge in [0.25, 0.3) is 0 Å². The maximum atomic E-state index is 5.63. The fourth-order valence-corrected chi connectivity index (χ4v) is 2.43. The molecule has 0 radical (unpaired) electrons. The number of aromatic nitrogens is 2. The second kappa shape index (κ2) is 6.81. The van der Waals surface area contributed by atoms with E-state index in [1.165, 1.54) is 5.56 Å². The van der Waals surface area contributed by atoms with Crippen LogP contribution in [0.3, 0.4) is 0 Å². The van der Waals surface area contributed by atoms with Crippen LogP contribution >= 0.6 is 22.6 Å². The SMILES string of the molecule is Cc1ccc(N(CCCN)c2ncncc2I)cc1. The van der Waals surface area contributed by atoms with Crippen LogP contribution in [0, 0.1) is 10.5 Å². The van der Waals surface area contributed by atoms with Crippen molar-refractivity contribution in [2.75, 3.05) is 18.0 Å². The number of anilines is 2. The normalized spacial score (nSPS) is 10.5. The number of halogens is 1. The van der Waals surface area contributed by atoms with Crippen molar-refractivity contribution in [2.45, 2.75) is 13.3 Å². The van der Waals surface area contributed by atoms with Crippen molar-refractivity contribution in [1.82, 2.24) is 9.97 Å². The van der Waals surface area contributed by atoms with Crippen molar-refractivity contribution in [1.29, 1.82) is 0 Å². The number of nitrogens with zero attached hydrogens (tertiary/aromatic N) is 3. The van der Waals surface area contributed by atoms with Crippen molar-refractivity contribution in [3.63, 3.8) is 0 Å². The van der Waals surface area contributed by atoms with E-state index in [1.807, 2.05) is 6.20 Å². The molecule has 0 aliphatic heterocycles. The number of rotatable bonds is 5. The van der Waals surface area contributed by atoms with Gasteiger partial charge in [0.1, 0.15) is 12.1 Å². The maximum absolute atomic E-state index is 5.63. The summed E-state index contributed by atoms with van der Waals surface area (Å²) in [5, 5.41) is 0. The number of aryl methyl sites for hydroxylation is 1. The number of hydrogen-bond acceptors (Lipinski definition) is 4. The van der Waals surface area contributed by atoms with Gasteiger partial charge in [-0.25, -0.2) is 9.97 Å². The molecule has 0 fully saturated rings. The molecule has 2 aromatic rings. The van der Waals surface area contributed by atoms with Gasteiger partial charge in [-0.05, 0) is 54.6 Å². The van der Waals surface area contributed by atoms with E-state index in [4.69, 9.17) is 5.73 Å². The third-order valence-corrected chi connectivity index (χ3v) is 3.60. The van der Waals surface area contributed by atoms with Gasteiger partial charge in [0.15, 0.2) is 0 Å². The smallest absolute Gasteiger partial charge is 0.149 e. The van der Waals surface area contributed by atoms with Crippen LogP contribution in [0.4, 0.5) is 11.5 Å². The van der Waals surface area contributed by atoms with Crippen LogP contribution in [0.25, 0.3) is 0 Å². The van der Waals surface area contributed by atoms with Crippen LogP contribution < -0.4 is 10.6 Å². The topological polar surface area (TPSA) is 55.0 Å². The van der Waals surface area contributed by atoms with E-state index in [-0.39, 0.29) is 0 Å². The second-order valence-electron chi connectivity index (χ2n) is 4.32. The van der Waals surface area contributed by atoms with Gasteiger partial charge >= 0.3 is 0 Å². The van der Waals surface area contributed by atoms with Crippen molar-refractivity contribution < 1.29 is 0 Å². The Morgan fingerprint density at radius 2 is 2.00 bits per heavy atom. The van der Waals surface area contributed by atoms with E-state index in [9.17, 15) is 0 Å². The predicted molar refractivity (Wildman–Crippen MR) is 86.6 cm³/mol. The lowest BCUT2D eigenvalue weighted by Crippen LogP contribution is -2.22. The molecule has 0 aliphatic rings. The van der Waals surface area contributed by atoms with Gasteiger partial charge in [0.05, 0.1) is 3.57 Å². The highest BCUT2D eigenvalue weighted by atomic mass is 127. The molecule has 0 aliphatic carbocycles. The monoisotopic (exact) mass is 368 g/mol. The third-order valence-electron chi connectivity index (χ3n) is 2.84. The zero-order valence-corrected chi connectivity index (χ0v) is 13.0. The zero-order valence-electron chi connectivity index (χ0n) is 10.9. The Hall–Kier alpha value is -1.21. The first-order valence-corrected chi connectivity index (χ1v) is 7.30. The molecule has 100 valence electrons. The van der Waals surface area contributed by atoms with Gasteiger partial charge in [-0.3, -0.25) is 0 Å². The Morgan fingerprint density at radius 1 is 1.26 bits per heavy atom. The Balaban J connectivity index is 2.35. The molecule has 0 spiro atoms.